The minimum atomic E-state index is -3.69. The Morgan fingerprint density at radius 2 is 2.11 bits per heavy atom. The van der Waals surface area contributed by atoms with Gasteiger partial charge < -0.3 is 4.90 Å². The van der Waals surface area contributed by atoms with Gasteiger partial charge in [-0.05, 0) is 36.1 Å². The van der Waals surface area contributed by atoms with Gasteiger partial charge in [0, 0.05) is 19.5 Å². The van der Waals surface area contributed by atoms with Gasteiger partial charge in [0.15, 0.2) is 0 Å². The quantitative estimate of drug-likeness (QED) is 0.898. The zero-order valence-corrected chi connectivity index (χ0v) is 11.7. The monoisotopic (exact) mass is 282 g/mol. The second-order valence-corrected chi connectivity index (χ2v) is 6.35. The Bertz CT molecular complexity index is 596. The van der Waals surface area contributed by atoms with E-state index in [1.165, 1.54) is 6.07 Å². The minimum absolute atomic E-state index is 0.107. The topological polar surface area (TPSA) is 80.5 Å². The lowest BCUT2D eigenvalue weighted by Crippen LogP contribution is -2.35. The van der Waals surface area contributed by atoms with E-state index < -0.39 is 10.0 Å². The van der Waals surface area contributed by atoms with Gasteiger partial charge in [0.05, 0.1) is 4.90 Å². The third-order valence-corrected chi connectivity index (χ3v) is 4.25. The van der Waals surface area contributed by atoms with E-state index in [4.69, 9.17) is 5.14 Å². The average molecular weight is 282 g/mol. The van der Waals surface area contributed by atoms with E-state index >= 15 is 0 Å². The van der Waals surface area contributed by atoms with Crippen LogP contribution in [0.4, 0.5) is 0 Å². The molecule has 0 radical (unpaired) electrons. The Morgan fingerprint density at radius 1 is 1.37 bits per heavy atom. The van der Waals surface area contributed by atoms with Gasteiger partial charge in [-0.3, -0.25) is 4.79 Å². The van der Waals surface area contributed by atoms with Crippen LogP contribution >= 0.6 is 0 Å². The lowest BCUT2D eigenvalue weighted by atomic mass is 9.99. The Balaban J connectivity index is 2.26. The number of carbonyl (C=O) groups excluding carboxylic acids is 1. The summed E-state index contributed by atoms with van der Waals surface area (Å²) in [5, 5.41) is 5.12. The lowest BCUT2D eigenvalue weighted by molar-refractivity contribution is -0.132. The third kappa shape index (κ3) is 3.13. The van der Waals surface area contributed by atoms with Crippen molar-refractivity contribution in [2.45, 2.75) is 37.6 Å². The molecule has 1 aromatic rings. The second kappa shape index (κ2) is 5.30. The molecule has 0 aliphatic carbocycles. The summed E-state index contributed by atoms with van der Waals surface area (Å²) in [6.45, 7) is 3.13. The van der Waals surface area contributed by atoms with Crippen molar-refractivity contribution in [3.05, 3.63) is 29.3 Å². The van der Waals surface area contributed by atoms with E-state index in [-0.39, 0.29) is 10.8 Å². The van der Waals surface area contributed by atoms with Crippen molar-refractivity contribution in [2.24, 2.45) is 5.14 Å². The summed E-state index contributed by atoms with van der Waals surface area (Å²) in [5.74, 6) is 0.120. The fraction of sp³-hybridized carbons (Fsp3) is 0.462. The number of hydrogen-bond acceptors (Lipinski definition) is 3. The number of hydrogen-bond donors (Lipinski definition) is 1. The van der Waals surface area contributed by atoms with Crippen molar-refractivity contribution in [2.75, 3.05) is 6.54 Å². The van der Waals surface area contributed by atoms with Crippen LogP contribution in [-0.2, 0) is 27.8 Å². The first-order valence-electron chi connectivity index (χ1n) is 6.34. The van der Waals surface area contributed by atoms with Gasteiger partial charge in [-0.25, -0.2) is 13.6 Å². The highest BCUT2D eigenvalue weighted by atomic mass is 32.2. The van der Waals surface area contributed by atoms with E-state index in [9.17, 15) is 13.2 Å². The zero-order chi connectivity index (χ0) is 14.0. The summed E-state index contributed by atoms with van der Waals surface area (Å²) in [7, 11) is -3.69. The number of carbonyl (C=O) groups is 1. The first kappa shape index (κ1) is 14.0. The normalized spacial score (nSPS) is 15.2. The van der Waals surface area contributed by atoms with Crippen molar-refractivity contribution in [1.82, 2.24) is 4.90 Å². The maximum absolute atomic E-state index is 11.9. The highest BCUT2D eigenvalue weighted by molar-refractivity contribution is 7.89. The molecule has 0 bridgehead atoms. The molecule has 6 heteroatoms. The van der Waals surface area contributed by atoms with Gasteiger partial charge in [0.2, 0.25) is 15.9 Å². The fourth-order valence-corrected chi connectivity index (χ4v) is 2.86. The molecule has 0 atom stereocenters. The lowest BCUT2D eigenvalue weighted by Gasteiger charge is -2.29. The highest BCUT2D eigenvalue weighted by Crippen LogP contribution is 2.22. The maximum Gasteiger partial charge on any atom is 0.238 e. The molecule has 1 aromatic carbocycles. The van der Waals surface area contributed by atoms with Crippen LogP contribution in [0.5, 0.6) is 0 Å². The molecule has 0 saturated carbocycles. The van der Waals surface area contributed by atoms with Crippen molar-refractivity contribution < 1.29 is 13.2 Å². The van der Waals surface area contributed by atoms with E-state index in [0.29, 0.717) is 19.5 Å². The maximum atomic E-state index is 11.9. The number of sulfonamides is 1. The molecule has 0 aromatic heterocycles. The molecular formula is C13H18N2O3S. The highest BCUT2D eigenvalue weighted by Gasteiger charge is 2.21. The van der Waals surface area contributed by atoms with Crippen LogP contribution in [0.3, 0.4) is 0 Å². The Morgan fingerprint density at radius 3 is 2.74 bits per heavy atom. The Hall–Kier alpha value is -1.40. The zero-order valence-electron chi connectivity index (χ0n) is 10.9. The van der Waals surface area contributed by atoms with Crippen LogP contribution in [0.25, 0.3) is 0 Å². The molecule has 0 spiro atoms. The number of amides is 1. The van der Waals surface area contributed by atoms with Crippen molar-refractivity contribution in [3.63, 3.8) is 0 Å². The van der Waals surface area contributed by atoms with Gasteiger partial charge in [-0.1, -0.05) is 13.0 Å². The number of primary sulfonamides is 1. The standard InChI is InChI=1S/C13H18N2O3S/c1-2-3-13(16)15-7-6-10-4-5-12(19(14,17)18)8-11(10)9-15/h4-5,8H,2-3,6-7,9H2,1H3,(H2,14,17,18). The molecule has 0 fully saturated rings. The van der Waals surface area contributed by atoms with Gasteiger partial charge in [-0.2, -0.15) is 0 Å². The van der Waals surface area contributed by atoms with Gasteiger partial charge in [0.1, 0.15) is 0 Å². The molecule has 2 rings (SSSR count). The van der Waals surface area contributed by atoms with Crippen LogP contribution in [0.2, 0.25) is 0 Å². The first-order valence-corrected chi connectivity index (χ1v) is 7.89. The minimum Gasteiger partial charge on any atom is -0.338 e. The van der Waals surface area contributed by atoms with E-state index in [2.05, 4.69) is 0 Å². The number of benzene rings is 1. The molecule has 19 heavy (non-hydrogen) atoms. The van der Waals surface area contributed by atoms with Crippen molar-refractivity contribution >= 4 is 15.9 Å². The number of rotatable bonds is 3. The van der Waals surface area contributed by atoms with Crippen LogP contribution in [-0.4, -0.2) is 25.8 Å². The van der Waals surface area contributed by atoms with Crippen molar-refractivity contribution in [1.29, 1.82) is 0 Å². The smallest absolute Gasteiger partial charge is 0.238 e. The number of nitrogens with zero attached hydrogens (tertiary/aromatic N) is 1. The molecule has 1 amide bonds. The molecule has 5 nitrogen and oxygen atoms in total. The number of nitrogens with two attached hydrogens (primary N) is 1. The largest absolute Gasteiger partial charge is 0.338 e. The van der Waals surface area contributed by atoms with Crippen LogP contribution < -0.4 is 5.14 Å². The SMILES string of the molecule is CCCC(=O)N1CCc2ccc(S(N)(=O)=O)cc2C1. The van der Waals surface area contributed by atoms with Crippen LogP contribution in [0.1, 0.15) is 30.9 Å². The predicted molar refractivity (Wildman–Crippen MR) is 71.8 cm³/mol. The summed E-state index contributed by atoms with van der Waals surface area (Å²) in [5.41, 5.74) is 1.97. The molecule has 1 heterocycles. The summed E-state index contributed by atoms with van der Waals surface area (Å²) in [6, 6.07) is 4.89. The van der Waals surface area contributed by atoms with Gasteiger partial charge >= 0.3 is 0 Å². The van der Waals surface area contributed by atoms with E-state index in [1.807, 2.05) is 6.92 Å². The second-order valence-electron chi connectivity index (χ2n) is 4.79. The van der Waals surface area contributed by atoms with Gasteiger partial charge in [0.25, 0.3) is 0 Å². The van der Waals surface area contributed by atoms with Crippen LogP contribution in [0, 0.1) is 0 Å². The number of fused-ring (bicyclic) bond motifs is 1. The van der Waals surface area contributed by atoms with E-state index in [0.717, 1.165) is 24.0 Å². The summed E-state index contributed by atoms with van der Waals surface area (Å²) in [4.78, 5) is 13.8. The van der Waals surface area contributed by atoms with Crippen molar-refractivity contribution in [3.8, 4) is 0 Å². The van der Waals surface area contributed by atoms with Gasteiger partial charge in [-0.15, -0.1) is 0 Å². The molecular weight excluding hydrogens is 264 g/mol. The molecule has 0 saturated heterocycles. The average Bonchev–Trinajstić information content (AvgIpc) is 2.36. The molecule has 1 aliphatic rings. The summed E-state index contributed by atoms with van der Waals surface area (Å²) < 4.78 is 22.7. The molecule has 0 unspecified atom stereocenters. The third-order valence-electron chi connectivity index (χ3n) is 3.34. The summed E-state index contributed by atoms with van der Waals surface area (Å²) in [6.07, 6.45) is 2.11. The van der Waals surface area contributed by atoms with E-state index in [1.54, 1.807) is 17.0 Å². The van der Waals surface area contributed by atoms with Crippen LogP contribution in [0.15, 0.2) is 23.1 Å². The predicted octanol–water partition coefficient (Wildman–Crippen LogP) is 1.02. The fourth-order valence-electron chi connectivity index (χ4n) is 2.30. The summed E-state index contributed by atoms with van der Waals surface area (Å²) >= 11 is 0. The Kier molecular flexibility index (Phi) is 3.91. The molecule has 1 aliphatic heterocycles. The first-order chi connectivity index (χ1) is 8.91. The Labute approximate surface area is 113 Å². The molecule has 104 valence electrons. The molecule has 2 N–H and O–H groups in total.